The third-order valence-corrected chi connectivity index (χ3v) is 12.8. The molecule has 1 unspecified atom stereocenters. The van der Waals surface area contributed by atoms with Crippen LogP contribution in [0.5, 0.6) is 0 Å². The molecule has 3 aliphatic heterocycles. The second-order valence-electron chi connectivity index (χ2n) is 17.9. The summed E-state index contributed by atoms with van der Waals surface area (Å²) in [5.74, 6) is -0.754. The first kappa shape index (κ1) is 51.0. The fourth-order valence-corrected chi connectivity index (χ4v) is 9.02. The highest BCUT2D eigenvalue weighted by atomic mass is 16.8. The van der Waals surface area contributed by atoms with Crippen LogP contribution in [0.15, 0.2) is 152 Å². The lowest BCUT2D eigenvalue weighted by Crippen LogP contribution is -2.67. The minimum atomic E-state index is -1.11. The van der Waals surface area contributed by atoms with Crippen molar-refractivity contribution in [1.82, 2.24) is 0 Å². The van der Waals surface area contributed by atoms with Gasteiger partial charge in [0.05, 0.1) is 45.2 Å². The molecule has 3 heterocycles. The van der Waals surface area contributed by atoms with E-state index in [9.17, 15) is 9.59 Å². The van der Waals surface area contributed by atoms with Gasteiger partial charge in [0.1, 0.15) is 30.5 Å². The number of ether oxygens (including phenoxy) is 11. The fourth-order valence-electron chi connectivity index (χ4n) is 9.02. The number of benzene rings is 5. The van der Waals surface area contributed by atoms with Crippen molar-refractivity contribution in [1.29, 1.82) is 0 Å². The van der Waals surface area contributed by atoms with Crippen molar-refractivity contribution in [2.24, 2.45) is 0 Å². The second-order valence-corrected chi connectivity index (χ2v) is 17.9. The molecule has 0 N–H and O–H groups in total. The molecule has 70 heavy (non-hydrogen) atoms. The largest absolute Gasteiger partial charge is 0.469 e. The van der Waals surface area contributed by atoms with Gasteiger partial charge in [-0.25, -0.2) is 4.79 Å². The molecule has 0 aliphatic carbocycles. The number of fused-ring (bicyclic) bond motifs is 1. The van der Waals surface area contributed by atoms with E-state index in [4.69, 9.17) is 52.1 Å². The first-order valence-electron chi connectivity index (χ1n) is 24.6. The van der Waals surface area contributed by atoms with Crippen LogP contribution >= 0.6 is 0 Å². The molecule has 0 bridgehead atoms. The van der Waals surface area contributed by atoms with E-state index in [2.05, 4.69) is 0 Å². The van der Waals surface area contributed by atoms with Gasteiger partial charge in [-0.2, -0.15) is 0 Å². The van der Waals surface area contributed by atoms with Gasteiger partial charge in [0, 0.05) is 18.6 Å². The van der Waals surface area contributed by atoms with Gasteiger partial charge in [0.15, 0.2) is 31.1 Å². The van der Waals surface area contributed by atoms with Crippen molar-refractivity contribution in [3.8, 4) is 0 Å². The summed E-state index contributed by atoms with van der Waals surface area (Å²) >= 11 is 0. The Labute approximate surface area is 411 Å². The average molecular weight is 959 g/mol. The zero-order valence-corrected chi connectivity index (χ0v) is 40.1. The molecular weight excluding hydrogens is 893 g/mol. The molecule has 3 saturated heterocycles. The molecule has 5 aromatic rings. The highest BCUT2D eigenvalue weighted by Gasteiger charge is 2.56. The Balaban J connectivity index is 1.11. The van der Waals surface area contributed by atoms with Crippen molar-refractivity contribution in [3.63, 3.8) is 0 Å². The summed E-state index contributed by atoms with van der Waals surface area (Å²) in [5.41, 5.74) is 4.07. The zero-order chi connectivity index (χ0) is 48.3. The SMILES string of the molecule is COC(=O)CCCCCCCCO[C@@H]1O[C@@H]2COC(c3ccccc3)O[C@@H]2[C@H](OC(=O)c2ccccc2)[C@H]1O[C@@H]1O[C@@H](C)[C@@H](OCc2ccccc2)[C@@H](OCc2ccccc2)[C@@H]1OCc1ccccc1. The molecule has 13 nitrogen and oxygen atoms in total. The van der Waals surface area contributed by atoms with Gasteiger partial charge in [-0.1, -0.05) is 165 Å². The van der Waals surface area contributed by atoms with E-state index < -0.39 is 73.7 Å². The van der Waals surface area contributed by atoms with Gasteiger partial charge in [-0.3, -0.25) is 4.79 Å². The van der Waals surface area contributed by atoms with Crippen molar-refractivity contribution in [3.05, 3.63) is 179 Å². The first-order valence-corrected chi connectivity index (χ1v) is 24.6. The lowest BCUT2D eigenvalue weighted by Gasteiger charge is -2.51. The summed E-state index contributed by atoms with van der Waals surface area (Å²) < 4.78 is 72.5. The minimum absolute atomic E-state index is 0.136. The summed E-state index contributed by atoms with van der Waals surface area (Å²) in [6.07, 6.45) is -3.72. The lowest BCUT2D eigenvalue weighted by atomic mass is 9.95. The molecule has 11 atom stereocenters. The second kappa shape index (κ2) is 26.8. The number of hydrogen-bond acceptors (Lipinski definition) is 13. The molecule has 13 heteroatoms. The van der Waals surface area contributed by atoms with Crippen LogP contribution < -0.4 is 0 Å². The van der Waals surface area contributed by atoms with Gasteiger partial charge >= 0.3 is 11.9 Å². The summed E-state index contributed by atoms with van der Waals surface area (Å²) in [6.45, 7) is 3.18. The van der Waals surface area contributed by atoms with Gasteiger partial charge in [0.2, 0.25) is 0 Å². The van der Waals surface area contributed by atoms with E-state index in [0.717, 1.165) is 60.8 Å². The van der Waals surface area contributed by atoms with Crippen LogP contribution in [0.3, 0.4) is 0 Å². The van der Waals surface area contributed by atoms with Crippen LogP contribution in [-0.4, -0.2) is 93.7 Å². The number of methoxy groups -OCH3 is 1. The zero-order valence-electron chi connectivity index (χ0n) is 40.1. The highest BCUT2D eigenvalue weighted by molar-refractivity contribution is 5.89. The van der Waals surface area contributed by atoms with E-state index in [1.54, 1.807) is 24.3 Å². The number of carbonyl (C=O) groups is 2. The molecule has 0 amide bonds. The van der Waals surface area contributed by atoms with Crippen molar-refractivity contribution >= 4 is 11.9 Å². The maximum atomic E-state index is 14.3. The molecule has 372 valence electrons. The fraction of sp³-hybridized carbons (Fsp3) is 0.439. The van der Waals surface area contributed by atoms with Crippen molar-refractivity contribution < 1.29 is 61.7 Å². The summed E-state index contributed by atoms with van der Waals surface area (Å²) in [4.78, 5) is 25.9. The smallest absolute Gasteiger partial charge is 0.338 e. The van der Waals surface area contributed by atoms with E-state index in [-0.39, 0.29) is 25.8 Å². The standard InChI is InChI=1S/C57H66O13/c1-40-48(62-36-41-24-12-7-13-25-41)50(63-37-42-26-14-8-15-27-42)52(64-38-43-28-16-9-17-29-43)57(66-40)70-53-51(68-54(59)44-30-18-10-19-31-44)49-46(39-65-55(69-49)45-32-20-11-21-33-45)67-56(53)61-35-23-6-4-3-5-22-34-47(58)60-2/h7-21,24-33,40,46,48-53,55-57H,3-6,22-23,34-39H2,1-2H3/t40-,46+,48+,49-,50+,51-,52-,53+,55?,56+,57-/m0/s1. The third-order valence-electron chi connectivity index (χ3n) is 12.8. The molecule has 5 aromatic carbocycles. The normalized spacial score (nSPS) is 26.5. The van der Waals surface area contributed by atoms with Crippen LogP contribution in [0, 0.1) is 0 Å². The lowest BCUT2D eigenvalue weighted by molar-refractivity contribution is -0.395. The first-order chi connectivity index (χ1) is 34.4. The molecule has 0 radical (unpaired) electrons. The number of rotatable bonds is 24. The summed E-state index contributed by atoms with van der Waals surface area (Å²) in [5, 5.41) is 0. The third kappa shape index (κ3) is 14.4. The Morgan fingerprint density at radius 3 is 1.66 bits per heavy atom. The van der Waals surface area contributed by atoms with E-state index in [1.807, 2.05) is 134 Å². The topological polar surface area (TPSA) is 136 Å². The average Bonchev–Trinajstić information content (AvgIpc) is 3.41. The predicted molar refractivity (Wildman–Crippen MR) is 259 cm³/mol. The maximum Gasteiger partial charge on any atom is 0.338 e. The Bertz CT molecular complexity index is 2270. The van der Waals surface area contributed by atoms with Crippen LogP contribution in [0.25, 0.3) is 0 Å². The van der Waals surface area contributed by atoms with Crippen molar-refractivity contribution in [2.75, 3.05) is 20.3 Å². The molecule has 3 aliphatic rings. The molecule has 8 rings (SSSR count). The molecule has 0 aromatic heterocycles. The number of unbranched alkanes of at least 4 members (excludes halogenated alkanes) is 5. The van der Waals surface area contributed by atoms with E-state index >= 15 is 0 Å². The predicted octanol–water partition coefficient (Wildman–Crippen LogP) is 9.86. The van der Waals surface area contributed by atoms with Crippen LogP contribution in [0.1, 0.15) is 90.8 Å². The Morgan fingerprint density at radius 2 is 1.06 bits per heavy atom. The molecular formula is C57H66O13. The summed E-state index contributed by atoms with van der Waals surface area (Å²) in [6, 6.07) is 48.3. The Kier molecular flexibility index (Phi) is 19.5. The summed E-state index contributed by atoms with van der Waals surface area (Å²) in [7, 11) is 1.41. The van der Waals surface area contributed by atoms with Crippen molar-refractivity contribution in [2.45, 2.75) is 139 Å². The van der Waals surface area contributed by atoms with Crippen LogP contribution in [0.2, 0.25) is 0 Å². The number of carbonyl (C=O) groups excluding carboxylic acids is 2. The number of hydrogen-bond donors (Lipinski definition) is 0. The minimum Gasteiger partial charge on any atom is -0.469 e. The Morgan fingerprint density at radius 1 is 0.529 bits per heavy atom. The van der Waals surface area contributed by atoms with Gasteiger partial charge in [-0.05, 0) is 48.6 Å². The van der Waals surface area contributed by atoms with Gasteiger partial charge in [0.25, 0.3) is 0 Å². The van der Waals surface area contributed by atoms with Crippen LogP contribution in [-0.2, 0) is 76.7 Å². The maximum absolute atomic E-state index is 14.3. The molecule has 0 saturated carbocycles. The molecule has 3 fully saturated rings. The molecule has 0 spiro atoms. The van der Waals surface area contributed by atoms with E-state index in [1.165, 1.54) is 7.11 Å². The Hall–Kier alpha value is -5.32. The van der Waals surface area contributed by atoms with Gasteiger partial charge < -0.3 is 52.1 Å². The van der Waals surface area contributed by atoms with Gasteiger partial charge in [-0.15, -0.1) is 0 Å². The number of esters is 2. The van der Waals surface area contributed by atoms with E-state index in [0.29, 0.717) is 25.2 Å². The monoisotopic (exact) mass is 958 g/mol. The highest BCUT2D eigenvalue weighted by Crippen LogP contribution is 2.40. The van der Waals surface area contributed by atoms with Crippen LogP contribution in [0.4, 0.5) is 0 Å². The quantitative estimate of drug-likeness (QED) is 0.0429.